The maximum atomic E-state index is 12.9. The highest BCUT2D eigenvalue weighted by molar-refractivity contribution is 5.85. The topological polar surface area (TPSA) is 33.1 Å². The van der Waals surface area contributed by atoms with E-state index in [1.165, 1.54) is 12.1 Å². The van der Waals surface area contributed by atoms with Crippen molar-refractivity contribution < 1.29 is 4.39 Å². The van der Waals surface area contributed by atoms with E-state index in [1.807, 2.05) is 10.8 Å². The van der Waals surface area contributed by atoms with Crippen molar-refractivity contribution in [3.05, 3.63) is 48.3 Å². The van der Waals surface area contributed by atoms with Crippen molar-refractivity contribution in [1.29, 1.82) is 0 Å². The number of aromatic nitrogens is 2. The lowest BCUT2D eigenvalue weighted by Gasteiger charge is -2.31. The number of rotatable bonds is 2. The van der Waals surface area contributed by atoms with E-state index in [0.29, 0.717) is 6.04 Å². The first-order valence-corrected chi connectivity index (χ1v) is 6.45. The first-order valence-electron chi connectivity index (χ1n) is 6.45. The summed E-state index contributed by atoms with van der Waals surface area (Å²) in [6.07, 6.45) is 3.80. The average Bonchev–Trinajstić information content (AvgIpc) is 2.89. The molecule has 2 aromatic rings. The SMILES string of the molecule is CN1CCNCC1c1cn(-c2ccc(F)cc2)cn1.Cl.Cl. The Morgan fingerprint density at radius 3 is 2.62 bits per heavy atom. The molecule has 0 aliphatic carbocycles. The summed E-state index contributed by atoms with van der Waals surface area (Å²) in [5.74, 6) is -0.222. The van der Waals surface area contributed by atoms with Gasteiger partial charge < -0.3 is 9.88 Å². The van der Waals surface area contributed by atoms with E-state index in [-0.39, 0.29) is 30.6 Å². The Morgan fingerprint density at radius 2 is 1.95 bits per heavy atom. The minimum atomic E-state index is -0.222. The first kappa shape index (κ1) is 17.9. The van der Waals surface area contributed by atoms with Gasteiger partial charge in [-0.2, -0.15) is 0 Å². The number of halogens is 3. The fraction of sp³-hybridized carbons (Fsp3) is 0.357. The first-order chi connectivity index (χ1) is 9.24. The van der Waals surface area contributed by atoms with Gasteiger partial charge in [-0.05, 0) is 31.3 Å². The summed E-state index contributed by atoms with van der Waals surface area (Å²) >= 11 is 0. The van der Waals surface area contributed by atoms with Gasteiger partial charge in [-0.3, -0.25) is 4.90 Å². The zero-order chi connectivity index (χ0) is 13.2. The van der Waals surface area contributed by atoms with Crippen LogP contribution in [-0.2, 0) is 0 Å². The van der Waals surface area contributed by atoms with E-state index in [2.05, 4.69) is 22.2 Å². The van der Waals surface area contributed by atoms with Crippen molar-refractivity contribution >= 4 is 24.8 Å². The molecule has 4 nitrogen and oxygen atoms in total. The molecular formula is C14H19Cl2FN4. The smallest absolute Gasteiger partial charge is 0.123 e. The molecule has 1 saturated heterocycles. The third-order valence-corrected chi connectivity index (χ3v) is 3.58. The lowest BCUT2D eigenvalue weighted by atomic mass is 10.1. The van der Waals surface area contributed by atoms with E-state index >= 15 is 0 Å². The van der Waals surface area contributed by atoms with Crippen LogP contribution in [0.15, 0.2) is 36.8 Å². The quantitative estimate of drug-likeness (QED) is 0.916. The Hall–Kier alpha value is -1.14. The lowest BCUT2D eigenvalue weighted by Crippen LogP contribution is -2.43. The number of likely N-dealkylation sites (N-methyl/N-ethyl adjacent to an activating group) is 1. The normalized spacial score (nSPS) is 18.7. The number of piperazine rings is 1. The predicted molar refractivity (Wildman–Crippen MR) is 86.3 cm³/mol. The molecule has 2 heterocycles. The molecule has 116 valence electrons. The summed E-state index contributed by atoms with van der Waals surface area (Å²) in [4.78, 5) is 6.78. The molecule has 3 rings (SSSR count). The number of nitrogens with zero attached hydrogens (tertiary/aromatic N) is 3. The molecule has 7 heteroatoms. The van der Waals surface area contributed by atoms with Crippen LogP contribution in [0.5, 0.6) is 0 Å². The van der Waals surface area contributed by atoms with Crippen molar-refractivity contribution in [2.75, 3.05) is 26.7 Å². The molecule has 0 radical (unpaired) electrons. The van der Waals surface area contributed by atoms with Crippen LogP contribution in [0.1, 0.15) is 11.7 Å². The summed E-state index contributed by atoms with van der Waals surface area (Å²) in [6, 6.07) is 6.73. The molecule has 0 spiro atoms. The molecule has 1 aliphatic heterocycles. The van der Waals surface area contributed by atoms with Gasteiger partial charge >= 0.3 is 0 Å². The van der Waals surface area contributed by atoms with Gasteiger partial charge in [-0.25, -0.2) is 9.37 Å². The minimum absolute atomic E-state index is 0. The standard InChI is InChI=1S/C14H17FN4.2ClH/c1-18-7-6-16-8-14(18)13-9-19(10-17-13)12-4-2-11(15)3-5-12;;/h2-5,9-10,14,16H,6-8H2,1H3;2*1H. The van der Waals surface area contributed by atoms with Crippen LogP contribution in [0.4, 0.5) is 4.39 Å². The van der Waals surface area contributed by atoms with Gasteiger partial charge in [0.15, 0.2) is 0 Å². The highest BCUT2D eigenvalue weighted by Crippen LogP contribution is 2.20. The van der Waals surface area contributed by atoms with Crippen LogP contribution in [0.3, 0.4) is 0 Å². The summed E-state index contributed by atoms with van der Waals surface area (Å²) in [7, 11) is 2.11. The number of hydrogen-bond donors (Lipinski definition) is 1. The molecule has 1 aromatic heterocycles. The molecule has 0 amide bonds. The molecule has 1 aliphatic rings. The van der Waals surface area contributed by atoms with Gasteiger partial charge in [0.05, 0.1) is 18.1 Å². The van der Waals surface area contributed by atoms with E-state index in [0.717, 1.165) is 31.0 Å². The molecule has 1 fully saturated rings. The van der Waals surface area contributed by atoms with Crippen LogP contribution >= 0.6 is 24.8 Å². The molecule has 1 aromatic carbocycles. The second kappa shape index (κ2) is 7.75. The van der Waals surface area contributed by atoms with Gasteiger partial charge in [0.25, 0.3) is 0 Å². The van der Waals surface area contributed by atoms with E-state index in [9.17, 15) is 4.39 Å². The fourth-order valence-electron chi connectivity index (χ4n) is 2.40. The molecule has 1 unspecified atom stereocenters. The number of hydrogen-bond acceptors (Lipinski definition) is 3. The molecular weight excluding hydrogens is 314 g/mol. The highest BCUT2D eigenvalue weighted by Gasteiger charge is 2.22. The molecule has 0 bridgehead atoms. The molecule has 0 saturated carbocycles. The summed E-state index contributed by atoms with van der Waals surface area (Å²) in [6.45, 7) is 2.96. The van der Waals surface area contributed by atoms with Crippen LogP contribution in [-0.4, -0.2) is 41.1 Å². The predicted octanol–water partition coefficient (Wildman–Crippen LogP) is 2.43. The maximum absolute atomic E-state index is 12.9. The largest absolute Gasteiger partial charge is 0.313 e. The van der Waals surface area contributed by atoms with Crippen molar-refractivity contribution in [3.63, 3.8) is 0 Å². The van der Waals surface area contributed by atoms with Crippen molar-refractivity contribution in [2.24, 2.45) is 0 Å². The van der Waals surface area contributed by atoms with Crippen LogP contribution in [0.2, 0.25) is 0 Å². The van der Waals surface area contributed by atoms with Gasteiger partial charge in [0.1, 0.15) is 5.82 Å². The molecule has 1 atom stereocenters. The highest BCUT2D eigenvalue weighted by atomic mass is 35.5. The van der Waals surface area contributed by atoms with Crippen molar-refractivity contribution in [1.82, 2.24) is 19.8 Å². The molecule has 1 N–H and O–H groups in total. The Morgan fingerprint density at radius 1 is 1.24 bits per heavy atom. The Kier molecular flexibility index (Phi) is 6.61. The van der Waals surface area contributed by atoms with Crippen LogP contribution < -0.4 is 5.32 Å². The molecule has 21 heavy (non-hydrogen) atoms. The van der Waals surface area contributed by atoms with Gasteiger partial charge in [0.2, 0.25) is 0 Å². The Labute approximate surface area is 136 Å². The van der Waals surface area contributed by atoms with Crippen LogP contribution in [0, 0.1) is 5.82 Å². The fourth-order valence-corrected chi connectivity index (χ4v) is 2.40. The van der Waals surface area contributed by atoms with E-state index in [4.69, 9.17) is 0 Å². The average molecular weight is 333 g/mol. The van der Waals surface area contributed by atoms with E-state index < -0.39 is 0 Å². The number of imidazole rings is 1. The van der Waals surface area contributed by atoms with E-state index in [1.54, 1.807) is 18.5 Å². The summed E-state index contributed by atoms with van der Waals surface area (Å²) < 4.78 is 14.8. The maximum Gasteiger partial charge on any atom is 0.123 e. The number of benzene rings is 1. The van der Waals surface area contributed by atoms with Gasteiger partial charge in [-0.15, -0.1) is 24.8 Å². The second-order valence-electron chi connectivity index (χ2n) is 4.88. The van der Waals surface area contributed by atoms with Gasteiger partial charge in [0, 0.05) is 31.5 Å². The zero-order valence-electron chi connectivity index (χ0n) is 11.7. The lowest BCUT2D eigenvalue weighted by molar-refractivity contribution is 0.199. The van der Waals surface area contributed by atoms with Crippen LogP contribution in [0.25, 0.3) is 5.69 Å². The summed E-state index contributed by atoms with van der Waals surface area (Å²) in [5.41, 5.74) is 1.96. The second-order valence-corrected chi connectivity index (χ2v) is 4.88. The third kappa shape index (κ3) is 3.95. The Bertz CT molecular complexity index is 558. The minimum Gasteiger partial charge on any atom is -0.313 e. The monoisotopic (exact) mass is 332 g/mol. The summed E-state index contributed by atoms with van der Waals surface area (Å²) in [5, 5.41) is 3.38. The van der Waals surface area contributed by atoms with Crippen molar-refractivity contribution in [3.8, 4) is 5.69 Å². The van der Waals surface area contributed by atoms with Crippen molar-refractivity contribution in [2.45, 2.75) is 6.04 Å². The zero-order valence-corrected chi connectivity index (χ0v) is 13.3. The van der Waals surface area contributed by atoms with Gasteiger partial charge in [-0.1, -0.05) is 0 Å². The Balaban J connectivity index is 0.00000110. The number of nitrogens with one attached hydrogen (secondary N) is 1. The third-order valence-electron chi connectivity index (χ3n) is 3.58.